The molecule has 0 bridgehead atoms. The number of likely N-dealkylation sites (tertiary alicyclic amines) is 1. The minimum atomic E-state index is -0.716. The Labute approximate surface area is 176 Å². The van der Waals surface area contributed by atoms with Gasteiger partial charge in [-0.1, -0.05) is 6.07 Å². The average molecular weight is 414 g/mol. The van der Waals surface area contributed by atoms with Crippen molar-refractivity contribution in [2.24, 2.45) is 5.92 Å². The molecule has 1 aliphatic heterocycles. The van der Waals surface area contributed by atoms with Gasteiger partial charge < -0.3 is 15.2 Å². The Kier molecular flexibility index (Phi) is 4.36. The van der Waals surface area contributed by atoms with E-state index in [1.807, 2.05) is 28.8 Å². The van der Waals surface area contributed by atoms with Crippen LogP contribution in [0.15, 0.2) is 43.0 Å². The molecule has 4 aromatic heterocycles. The van der Waals surface area contributed by atoms with Crippen LogP contribution in [0, 0.1) is 17.2 Å². The van der Waals surface area contributed by atoms with Crippen molar-refractivity contribution >= 4 is 28.6 Å². The molecule has 154 valence electrons. The van der Waals surface area contributed by atoms with Crippen molar-refractivity contribution in [3.05, 3.63) is 48.5 Å². The van der Waals surface area contributed by atoms with Gasteiger partial charge in [-0.15, -0.1) is 0 Å². The summed E-state index contributed by atoms with van der Waals surface area (Å²) < 4.78 is 1.89. The predicted octanol–water partition coefficient (Wildman–Crippen LogP) is 1.37. The van der Waals surface area contributed by atoms with Crippen molar-refractivity contribution < 1.29 is 9.59 Å². The number of imidazole rings is 1. The molecule has 31 heavy (non-hydrogen) atoms. The summed E-state index contributed by atoms with van der Waals surface area (Å²) in [7, 11) is 0. The van der Waals surface area contributed by atoms with Gasteiger partial charge in [-0.3, -0.25) is 14.0 Å². The van der Waals surface area contributed by atoms with Crippen LogP contribution in [0.5, 0.6) is 0 Å². The van der Waals surface area contributed by atoms with Gasteiger partial charge in [-0.05, 0) is 19.1 Å². The van der Waals surface area contributed by atoms with Crippen LogP contribution in [0.1, 0.15) is 17.3 Å². The largest absolute Gasteiger partial charge is 0.344 e. The molecule has 4 aromatic rings. The SMILES string of the molecule is CC(NC(=O)c1c[nH]c2ncc(-c3cnc4ccccn34)nc12)C(=O)N1CC(C#N)C1. The second kappa shape index (κ2) is 7.21. The summed E-state index contributed by atoms with van der Waals surface area (Å²) in [6.45, 7) is 2.43. The van der Waals surface area contributed by atoms with E-state index < -0.39 is 11.9 Å². The first-order chi connectivity index (χ1) is 15.0. The highest BCUT2D eigenvalue weighted by molar-refractivity contribution is 6.06. The number of pyridine rings is 1. The summed E-state index contributed by atoms with van der Waals surface area (Å²) in [6, 6.07) is 7.10. The molecule has 0 spiro atoms. The predicted molar refractivity (Wildman–Crippen MR) is 111 cm³/mol. The summed E-state index contributed by atoms with van der Waals surface area (Å²) in [5.41, 5.74) is 3.30. The number of rotatable bonds is 4. The van der Waals surface area contributed by atoms with E-state index in [0.717, 1.165) is 11.3 Å². The highest BCUT2D eigenvalue weighted by Gasteiger charge is 2.33. The second-order valence-corrected chi connectivity index (χ2v) is 7.49. The fraction of sp³-hybridized carbons (Fsp3) is 0.238. The van der Waals surface area contributed by atoms with E-state index in [-0.39, 0.29) is 11.8 Å². The standard InChI is InChI=1S/C21H18N8O2/c1-12(21(31)28-10-13(6-22)11-28)26-20(30)14-7-24-19-18(14)27-15(8-25-19)16-9-23-17-4-2-3-5-29(16)17/h2-5,7-9,12-13H,10-11H2,1H3,(H,24,25)(H,26,30). The maximum atomic E-state index is 12.9. The normalized spacial score (nSPS) is 14.9. The van der Waals surface area contributed by atoms with E-state index in [4.69, 9.17) is 5.26 Å². The average Bonchev–Trinajstić information content (AvgIpc) is 3.36. The van der Waals surface area contributed by atoms with E-state index in [0.29, 0.717) is 35.5 Å². The van der Waals surface area contributed by atoms with Gasteiger partial charge in [0.1, 0.15) is 22.9 Å². The van der Waals surface area contributed by atoms with Crippen LogP contribution in [0.2, 0.25) is 0 Å². The Morgan fingerprint density at radius 3 is 2.94 bits per heavy atom. The fourth-order valence-corrected chi connectivity index (χ4v) is 3.66. The van der Waals surface area contributed by atoms with Gasteiger partial charge in [0.2, 0.25) is 5.91 Å². The zero-order valence-corrected chi connectivity index (χ0v) is 16.6. The molecule has 5 rings (SSSR count). The van der Waals surface area contributed by atoms with Crippen molar-refractivity contribution in [1.29, 1.82) is 5.26 Å². The van der Waals surface area contributed by atoms with Crippen molar-refractivity contribution in [3.8, 4) is 17.5 Å². The third-order valence-corrected chi connectivity index (χ3v) is 5.40. The third kappa shape index (κ3) is 3.16. The van der Waals surface area contributed by atoms with Crippen LogP contribution < -0.4 is 5.32 Å². The summed E-state index contributed by atoms with van der Waals surface area (Å²) in [6.07, 6.45) is 6.75. The number of hydrogen-bond acceptors (Lipinski definition) is 6. The monoisotopic (exact) mass is 414 g/mol. The lowest BCUT2D eigenvalue weighted by Gasteiger charge is -2.37. The lowest BCUT2D eigenvalue weighted by Crippen LogP contribution is -2.55. The molecule has 0 radical (unpaired) electrons. The minimum Gasteiger partial charge on any atom is -0.344 e. The Morgan fingerprint density at radius 1 is 1.29 bits per heavy atom. The molecule has 10 heteroatoms. The van der Waals surface area contributed by atoms with Gasteiger partial charge in [0.15, 0.2) is 5.65 Å². The van der Waals surface area contributed by atoms with Crippen LogP contribution in [0.25, 0.3) is 28.2 Å². The number of aromatic nitrogens is 5. The Bertz CT molecular complexity index is 1360. The van der Waals surface area contributed by atoms with Crippen LogP contribution in [-0.2, 0) is 4.79 Å². The van der Waals surface area contributed by atoms with Gasteiger partial charge in [0.25, 0.3) is 5.91 Å². The third-order valence-electron chi connectivity index (χ3n) is 5.40. The van der Waals surface area contributed by atoms with Gasteiger partial charge >= 0.3 is 0 Å². The quantitative estimate of drug-likeness (QED) is 0.518. The number of nitrogens with one attached hydrogen (secondary N) is 2. The van der Waals surface area contributed by atoms with Gasteiger partial charge in [0.05, 0.1) is 35.6 Å². The summed E-state index contributed by atoms with van der Waals surface area (Å²) in [5, 5.41) is 11.6. The number of nitrogens with zero attached hydrogens (tertiary/aromatic N) is 6. The maximum Gasteiger partial charge on any atom is 0.255 e. The molecule has 1 unspecified atom stereocenters. The molecule has 1 atom stereocenters. The van der Waals surface area contributed by atoms with Crippen LogP contribution >= 0.6 is 0 Å². The first kappa shape index (κ1) is 18.7. The lowest BCUT2D eigenvalue weighted by atomic mass is 10.0. The summed E-state index contributed by atoms with van der Waals surface area (Å²) >= 11 is 0. The first-order valence-electron chi connectivity index (χ1n) is 9.81. The van der Waals surface area contributed by atoms with Crippen LogP contribution in [-0.4, -0.2) is 60.2 Å². The molecular formula is C21H18N8O2. The number of nitriles is 1. The van der Waals surface area contributed by atoms with Gasteiger partial charge in [0, 0.05) is 25.5 Å². The lowest BCUT2D eigenvalue weighted by molar-refractivity contribution is -0.137. The smallest absolute Gasteiger partial charge is 0.255 e. The van der Waals surface area contributed by atoms with Gasteiger partial charge in [-0.25, -0.2) is 15.0 Å². The summed E-state index contributed by atoms with van der Waals surface area (Å²) in [5.74, 6) is -0.764. The van der Waals surface area contributed by atoms with Crippen LogP contribution in [0.3, 0.4) is 0 Å². The molecule has 1 aliphatic rings. The molecular weight excluding hydrogens is 396 g/mol. The molecule has 1 saturated heterocycles. The number of carbonyl (C=O) groups excluding carboxylic acids is 2. The van der Waals surface area contributed by atoms with Crippen molar-refractivity contribution in [2.75, 3.05) is 13.1 Å². The van der Waals surface area contributed by atoms with Crippen molar-refractivity contribution in [3.63, 3.8) is 0 Å². The molecule has 0 aromatic carbocycles. The number of aromatic amines is 1. The van der Waals surface area contributed by atoms with Crippen molar-refractivity contribution in [1.82, 2.24) is 34.6 Å². The van der Waals surface area contributed by atoms with E-state index in [2.05, 4.69) is 31.3 Å². The molecule has 2 N–H and O–H groups in total. The Hall–Kier alpha value is -4.26. The van der Waals surface area contributed by atoms with E-state index >= 15 is 0 Å². The highest BCUT2D eigenvalue weighted by Crippen LogP contribution is 2.22. The number of H-pyrrole nitrogens is 1. The molecule has 5 heterocycles. The topological polar surface area (TPSA) is 132 Å². The van der Waals surface area contributed by atoms with Crippen molar-refractivity contribution in [2.45, 2.75) is 13.0 Å². The number of carbonyl (C=O) groups is 2. The van der Waals surface area contributed by atoms with E-state index in [9.17, 15) is 9.59 Å². The van der Waals surface area contributed by atoms with Gasteiger partial charge in [-0.2, -0.15) is 5.26 Å². The molecule has 1 fully saturated rings. The Morgan fingerprint density at radius 2 is 2.13 bits per heavy atom. The second-order valence-electron chi connectivity index (χ2n) is 7.49. The summed E-state index contributed by atoms with van der Waals surface area (Å²) in [4.78, 5) is 43.2. The molecule has 10 nitrogen and oxygen atoms in total. The zero-order valence-electron chi connectivity index (χ0n) is 16.6. The number of fused-ring (bicyclic) bond motifs is 2. The highest BCUT2D eigenvalue weighted by atomic mass is 16.2. The Balaban J connectivity index is 1.40. The van der Waals surface area contributed by atoms with E-state index in [1.165, 1.54) is 6.20 Å². The zero-order chi connectivity index (χ0) is 21.5. The maximum absolute atomic E-state index is 12.9. The molecule has 2 amide bonds. The molecule has 0 saturated carbocycles. The number of amides is 2. The van der Waals surface area contributed by atoms with Crippen LogP contribution in [0.4, 0.5) is 0 Å². The molecule has 0 aliphatic carbocycles. The number of hydrogen-bond donors (Lipinski definition) is 2. The fourth-order valence-electron chi connectivity index (χ4n) is 3.66. The minimum absolute atomic E-state index is 0.131. The van der Waals surface area contributed by atoms with E-state index in [1.54, 1.807) is 24.2 Å². The first-order valence-corrected chi connectivity index (χ1v) is 9.81.